The van der Waals surface area contributed by atoms with Crippen LogP contribution in [-0.2, 0) is 0 Å². The zero-order valence-electron chi connectivity index (χ0n) is 4.59. The van der Waals surface area contributed by atoms with Crippen molar-refractivity contribution in [1.82, 2.24) is 0 Å². The summed E-state index contributed by atoms with van der Waals surface area (Å²) < 4.78 is 0. The van der Waals surface area contributed by atoms with Gasteiger partial charge in [0.1, 0.15) is 0 Å². The lowest BCUT2D eigenvalue weighted by Crippen LogP contribution is -1.43. The maximum absolute atomic E-state index is 4.64. The van der Waals surface area contributed by atoms with Gasteiger partial charge in [-0.15, -0.1) is 18.2 Å². The molecule has 0 rings (SSSR count). The van der Waals surface area contributed by atoms with Gasteiger partial charge in [-0.25, -0.2) is 0 Å². The first kappa shape index (κ1) is 9.39. The summed E-state index contributed by atoms with van der Waals surface area (Å²) in [7, 11) is 0. The topological polar surface area (TPSA) is 0 Å². The molecule has 0 nitrogen and oxygen atoms in total. The Morgan fingerprint density at radius 3 is 1.33 bits per heavy atom. The summed E-state index contributed by atoms with van der Waals surface area (Å²) in [5.41, 5.74) is 1.17. The third kappa shape index (κ3) is 41100. The molecule has 0 aliphatic heterocycles. The second-order valence-electron chi connectivity index (χ2n) is 1.21. The van der Waals surface area contributed by atoms with E-state index in [-0.39, 0.29) is 0 Å². The minimum Gasteiger partial charge on any atom is -0.130 e. The first-order chi connectivity index (χ1) is 2.73. The Labute approximate surface area is 44.8 Å². The Balaban J connectivity index is 0. The van der Waals surface area contributed by atoms with Crippen molar-refractivity contribution < 1.29 is 0 Å². The van der Waals surface area contributed by atoms with Crippen LogP contribution in [0.15, 0.2) is 12.2 Å². The average Bonchev–Trinajstić information content (AvgIpc) is 1.41. The van der Waals surface area contributed by atoms with Crippen molar-refractivity contribution in [3.63, 3.8) is 0 Å². The van der Waals surface area contributed by atoms with Crippen LogP contribution in [0.25, 0.3) is 0 Å². The SMILES string of the molecule is C=C(C)C.CCl. The highest BCUT2D eigenvalue weighted by atomic mass is 35.5. The van der Waals surface area contributed by atoms with Crippen molar-refractivity contribution in [2.24, 2.45) is 0 Å². The molecule has 0 fully saturated rings. The lowest BCUT2D eigenvalue weighted by atomic mass is 10.4. The predicted molar refractivity (Wildman–Crippen MR) is 32.3 cm³/mol. The minimum atomic E-state index is 1.17. The summed E-state index contributed by atoms with van der Waals surface area (Å²) >= 11 is 4.64. The largest absolute Gasteiger partial charge is 0.130 e. The van der Waals surface area contributed by atoms with Gasteiger partial charge in [0.25, 0.3) is 0 Å². The normalized spacial score (nSPS) is 5.33. The van der Waals surface area contributed by atoms with E-state index in [1.54, 1.807) is 0 Å². The number of rotatable bonds is 0. The molecule has 0 atom stereocenters. The summed E-state index contributed by atoms with van der Waals surface area (Å²) in [4.78, 5) is 0. The van der Waals surface area contributed by atoms with Crippen LogP contribution in [0.3, 0.4) is 0 Å². The van der Waals surface area contributed by atoms with E-state index in [0.717, 1.165) is 0 Å². The molecular formula is C5H11Cl. The summed E-state index contributed by atoms with van der Waals surface area (Å²) in [5, 5.41) is 0. The highest BCUT2D eigenvalue weighted by Crippen LogP contribution is 1.73. The molecular weight excluding hydrogens is 95.5 g/mol. The highest BCUT2D eigenvalue weighted by molar-refractivity contribution is 6.15. The molecule has 1 heteroatoms. The van der Waals surface area contributed by atoms with Gasteiger partial charge in [-0.05, 0) is 13.8 Å². The van der Waals surface area contributed by atoms with E-state index in [4.69, 9.17) is 0 Å². The van der Waals surface area contributed by atoms with Crippen LogP contribution in [-0.4, -0.2) is 6.38 Å². The van der Waals surface area contributed by atoms with Gasteiger partial charge in [-0.2, -0.15) is 0 Å². The molecule has 0 aliphatic rings. The molecule has 0 aliphatic carbocycles. The molecule has 0 spiro atoms. The highest BCUT2D eigenvalue weighted by Gasteiger charge is 1.51. The van der Waals surface area contributed by atoms with E-state index < -0.39 is 0 Å². The summed E-state index contributed by atoms with van der Waals surface area (Å²) in [6, 6.07) is 0. The molecule has 0 radical (unpaired) electrons. The fourth-order valence-corrected chi connectivity index (χ4v) is 0. The van der Waals surface area contributed by atoms with E-state index in [1.165, 1.54) is 12.0 Å². The van der Waals surface area contributed by atoms with Crippen molar-refractivity contribution >= 4 is 11.6 Å². The van der Waals surface area contributed by atoms with Crippen LogP contribution in [0, 0.1) is 0 Å². The summed E-state index contributed by atoms with van der Waals surface area (Å²) in [6.45, 7) is 7.50. The van der Waals surface area contributed by atoms with Gasteiger partial charge in [-0.1, -0.05) is 5.57 Å². The number of halogens is 1. The molecule has 0 saturated carbocycles. The Morgan fingerprint density at radius 1 is 1.33 bits per heavy atom. The third-order valence-electron chi connectivity index (χ3n) is 0. The van der Waals surface area contributed by atoms with Crippen LogP contribution in [0.1, 0.15) is 13.8 Å². The first-order valence-electron chi connectivity index (χ1n) is 1.73. The van der Waals surface area contributed by atoms with E-state index in [9.17, 15) is 0 Å². The molecule has 0 aromatic carbocycles. The maximum atomic E-state index is 4.64. The molecule has 0 amide bonds. The minimum absolute atomic E-state index is 1.17. The fourth-order valence-electron chi connectivity index (χ4n) is 0. The van der Waals surface area contributed by atoms with E-state index in [0.29, 0.717) is 0 Å². The Bertz CT molecular complexity index is 26.9. The van der Waals surface area contributed by atoms with Gasteiger partial charge in [0.2, 0.25) is 0 Å². The lowest BCUT2D eigenvalue weighted by molar-refractivity contribution is 1.42. The van der Waals surface area contributed by atoms with E-state index in [2.05, 4.69) is 18.2 Å². The molecule has 0 aromatic rings. The number of alkyl halides is 1. The van der Waals surface area contributed by atoms with Gasteiger partial charge < -0.3 is 0 Å². The molecule has 6 heavy (non-hydrogen) atoms. The fraction of sp³-hybridized carbons (Fsp3) is 0.600. The number of hydrogen-bond donors (Lipinski definition) is 0. The van der Waals surface area contributed by atoms with Gasteiger partial charge >= 0.3 is 0 Å². The van der Waals surface area contributed by atoms with E-state index in [1.807, 2.05) is 13.8 Å². The predicted octanol–water partition coefficient (Wildman–Crippen LogP) is 2.44. The summed E-state index contributed by atoms with van der Waals surface area (Å²) in [6.07, 6.45) is 1.47. The Kier molecular flexibility index (Phi) is 13.9. The Hall–Kier alpha value is 0.0300. The molecule has 0 aromatic heterocycles. The smallest absolute Gasteiger partial charge is 0.0108 e. The van der Waals surface area contributed by atoms with Crippen molar-refractivity contribution in [2.45, 2.75) is 13.8 Å². The van der Waals surface area contributed by atoms with Crippen molar-refractivity contribution in [3.8, 4) is 0 Å². The average molecular weight is 107 g/mol. The van der Waals surface area contributed by atoms with Crippen molar-refractivity contribution in [1.29, 1.82) is 0 Å². The van der Waals surface area contributed by atoms with Crippen molar-refractivity contribution in [2.75, 3.05) is 6.38 Å². The van der Waals surface area contributed by atoms with Gasteiger partial charge in [0, 0.05) is 6.38 Å². The zero-order chi connectivity index (χ0) is 5.58. The number of allylic oxidation sites excluding steroid dienone is 1. The van der Waals surface area contributed by atoms with E-state index >= 15 is 0 Å². The monoisotopic (exact) mass is 106 g/mol. The van der Waals surface area contributed by atoms with Gasteiger partial charge in [-0.3, -0.25) is 0 Å². The first-order valence-corrected chi connectivity index (χ1v) is 2.49. The van der Waals surface area contributed by atoms with Crippen LogP contribution in [0.2, 0.25) is 0 Å². The standard InChI is InChI=1S/C4H8.CH3Cl/c1-4(2)3;1-2/h1H2,2-3H3;1H3. The third-order valence-corrected chi connectivity index (χ3v) is 0. The zero-order valence-corrected chi connectivity index (χ0v) is 5.34. The van der Waals surface area contributed by atoms with Crippen LogP contribution in [0.4, 0.5) is 0 Å². The molecule has 38 valence electrons. The van der Waals surface area contributed by atoms with Gasteiger partial charge in [0.15, 0.2) is 0 Å². The quantitative estimate of drug-likeness (QED) is 0.329. The lowest BCUT2D eigenvalue weighted by Gasteiger charge is -1.65. The number of hydrogen-bond acceptors (Lipinski definition) is 0. The molecule has 0 unspecified atom stereocenters. The molecule has 0 N–H and O–H groups in total. The van der Waals surface area contributed by atoms with Crippen LogP contribution >= 0.6 is 11.6 Å². The van der Waals surface area contributed by atoms with Crippen molar-refractivity contribution in [3.05, 3.63) is 12.2 Å². The second kappa shape index (κ2) is 8.90. The van der Waals surface area contributed by atoms with Crippen LogP contribution in [0.5, 0.6) is 0 Å². The molecule has 0 bridgehead atoms. The van der Waals surface area contributed by atoms with Crippen LogP contribution < -0.4 is 0 Å². The Morgan fingerprint density at radius 2 is 1.33 bits per heavy atom. The summed E-state index contributed by atoms with van der Waals surface area (Å²) in [5.74, 6) is 0. The molecule has 0 saturated heterocycles. The maximum Gasteiger partial charge on any atom is 0.0108 e. The van der Waals surface area contributed by atoms with Gasteiger partial charge in [0.05, 0.1) is 0 Å². The molecule has 0 heterocycles. The second-order valence-corrected chi connectivity index (χ2v) is 1.21.